The average Bonchev–Trinajstić information content (AvgIpc) is 2.91. The fourth-order valence-corrected chi connectivity index (χ4v) is 4.15. The molecule has 3 nitrogen and oxygen atoms in total. The summed E-state index contributed by atoms with van der Waals surface area (Å²) in [6.45, 7) is 8.06. The number of carbonyl (C=O) groups is 1. The normalized spacial score (nSPS) is 29.4. The third-order valence-corrected chi connectivity index (χ3v) is 5.19. The van der Waals surface area contributed by atoms with Gasteiger partial charge in [-0.1, -0.05) is 30.4 Å². The van der Waals surface area contributed by atoms with Crippen LogP contribution in [0.15, 0.2) is 55.2 Å². The Morgan fingerprint density at radius 3 is 2.78 bits per heavy atom. The minimum Gasteiger partial charge on any atom is -0.504 e. The molecule has 0 spiro atoms. The zero-order valence-corrected chi connectivity index (χ0v) is 13.4. The lowest BCUT2D eigenvalue weighted by Crippen LogP contribution is -2.29. The maximum atomic E-state index is 12.4. The number of carbonyl (C=O) groups excluding carboxylic acids is 1. The third-order valence-electron chi connectivity index (χ3n) is 5.19. The van der Waals surface area contributed by atoms with Crippen molar-refractivity contribution in [3.8, 4) is 11.5 Å². The number of ether oxygens (including phenoxy) is 1. The molecule has 2 aliphatic carbocycles. The lowest BCUT2D eigenvalue weighted by atomic mass is 9.75. The van der Waals surface area contributed by atoms with E-state index >= 15 is 0 Å². The lowest BCUT2D eigenvalue weighted by Gasteiger charge is -2.28. The van der Waals surface area contributed by atoms with Crippen molar-refractivity contribution in [2.75, 3.05) is 7.11 Å². The van der Waals surface area contributed by atoms with E-state index in [1.54, 1.807) is 18.2 Å². The summed E-state index contributed by atoms with van der Waals surface area (Å²) in [5.41, 5.74) is 2.05. The monoisotopic (exact) mass is 310 g/mol. The molecular formula is C20H22O3. The summed E-state index contributed by atoms with van der Waals surface area (Å²) in [5.74, 6) is 1.46. The van der Waals surface area contributed by atoms with Gasteiger partial charge in [0.15, 0.2) is 17.3 Å². The summed E-state index contributed by atoms with van der Waals surface area (Å²) in [4.78, 5) is 12.4. The fourth-order valence-electron chi connectivity index (χ4n) is 4.15. The molecule has 0 aromatic heterocycles. The van der Waals surface area contributed by atoms with E-state index in [9.17, 15) is 9.90 Å². The molecule has 0 aliphatic heterocycles. The van der Waals surface area contributed by atoms with Crippen molar-refractivity contribution in [2.45, 2.75) is 12.8 Å². The SMILES string of the molecule is C=C[C@H]1C[C@H](Cc2ccc(OC)c(O)c2)C2C(=O)C=CC(=C)[C@@H]21. The van der Waals surface area contributed by atoms with Crippen LogP contribution in [-0.2, 0) is 11.2 Å². The molecule has 3 heteroatoms. The molecule has 4 atom stereocenters. The van der Waals surface area contributed by atoms with Crippen LogP contribution < -0.4 is 4.74 Å². The van der Waals surface area contributed by atoms with E-state index in [2.05, 4.69) is 13.2 Å². The molecule has 0 radical (unpaired) electrons. The van der Waals surface area contributed by atoms with Crippen LogP contribution in [0.25, 0.3) is 0 Å². The first-order chi connectivity index (χ1) is 11.0. The number of phenols is 1. The summed E-state index contributed by atoms with van der Waals surface area (Å²) in [6.07, 6.45) is 7.16. The maximum absolute atomic E-state index is 12.4. The van der Waals surface area contributed by atoms with Crippen molar-refractivity contribution in [3.05, 3.63) is 60.7 Å². The molecule has 0 amide bonds. The van der Waals surface area contributed by atoms with E-state index in [1.165, 1.54) is 7.11 Å². The number of allylic oxidation sites excluding steroid dienone is 4. The van der Waals surface area contributed by atoms with Crippen molar-refractivity contribution >= 4 is 5.78 Å². The number of phenolic OH excluding ortho intramolecular Hbond substituents is 1. The first-order valence-corrected chi connectivity index (χ1v) is 7.94. The highest BCUT2D eigenvalue weighted by molar-refractivity contribution is 5.94. The molecule has 1 saturated carbocycles. The minimum absolute atomic E-state index is 0.0280. The molecule has 0 bridgehead atoms. The number of rotatable bonds is 4. The van der Waals surface area contributed by atoms with Gasteiger partial charge in [0.25, 0.3) is 0 Å². The van der Waals surface area contributed by atoms with Gasteiger partial charge in [-0.3, -0.25) is 4.79 Å². The molecule has 2 aliphatic rings. The highest BCUT2D eigenvalue weighted by Gasteiger charge is 2.46. The van der Waals surface area contributed by atoms with Gasteiger partial charge in [0, 0.05) is 5.92 Å². The number of ketones is 1. The van der Waals surface area contributed by atoms with Gasteiger partial charge in [-0.05, 0) is 54.4 Å². The minimum atomic E-state index is -0.0280. The van der Waals surface area contributed by atoms with Gasteiger partial charge in [0.05, 0.1) is 7.11 Å². The predicted molar refractivity (Wildman–Crippen MR) is 90.4 cm³/mol. The van der Waals surface area contributed by atoms with E-state index in [0.717, 1.165) is 24.0 Å². The van der Waals surface area contributed by atoms with Gasteiger partial charge in [0.1, 0.15) is 0 Å². The molecule has 23 heavy (non-hydrogen) atoms. The largest absolute Gasteiger partial charge is 0.504 e. The Bertz CT molecular complexity index is 686. The second-order valence-electron chi connectivity index (χ2n) is 6.47. The Labute approximate surface area is 137 Å². The van der Waals surface area contributed by atoms with E-state index in [4.69, 9.17) is 4.74 Å². The number of hydrogen-bond acceptors (Lipinski definition) is 3. The van der Waals surface area contributed by atoms with Crippen LogP contribution in [0.2, 0.25) is 0 Å². The smallest absolute Gasteiger partial charge is 0.160 e. The van der Waals surface area contributed by atoms with E-state index < -0.39 is 0 Å². The molecule has 120 valence electrons. The Hall–Kier alpha value is -2.29. The van der Waals surface area contributed by atoms with Crippen LogP contribution in [0.3, 0.4) is 0 Å². The standard InChI is InChI=1S/C20H22O3/c1-4-14-11-15(20-16(21)7-5-12(2)19(14)20)9-13-6-8-18(23-3)17(22)10-13/h4-8,10,14-15,19-20,22H,1-2,9,11H2,3H3/t14-,15-,19+,20?/m0/s1. The summed E-state index contributed by atoms with van der Waals surface area (Å²) in [5, 5.41) is 9.96. The van der Waals surface area contributed by atoms with Crippen molar-refractivity contribution < 1.29 is 14.6 Å². The molecule has 1 unspecified atom stereocenters. The average molecular weight is 310 g/mol. The molecular weight excluding hydrogens is 288 g/mol. The van der Waals surface area contributed by atoms with Gasteiger partial charge in [0.2, 0.25) is 0 Å². The van der Waals surface area contributed by atoms with E-state index in [1.807, 2.05) is 18.2 Å². The number of methoxy groups -OCH3 is 1. The van der Waals surface area contributed by atoms with E-state index in [0.29, 0.717) is 11.7 Å². The van der Waals surface area contributed by atoms with Crippen LogP contribution in [0.4, 0.5) is 0 Å². The lowest BCUT2D eigenvalue weighted by molar-refractivity contribution is -0.120. The zero-order valence-electron chi connectivity index (χ0n) is 13.4. The summed E-state index contributed by atoms with van der Waals surface area (Å²) >= 11 is 0. The maximum Gasteiger partial charge on any atom is 0.160 e. The van der Waals surface area contributed by atoms with Crippen molar-refractivity contribution in [2.24, 2.45) is 23.7 Å². The fraction of sp³-hybridized carbons (Fsp3) is 0.350. The van der Waals surface area contributed by atoms with Crippen LogP contribution >= 0.6 is 0 Å². The van der Waals surface area contributed by atoms with Gasteiger partial charge < -0.3 is 9.84 Å². The highest BCUT2D eigenvalue weighted by atomic mass is 16.5. The Morgan fingerprint density at radius 1 is 1.35 bits per heavy atom. The number of benzene rings is 1. The third kappa shape index (κ3) is 2.72. The molecule has 3 rings (SSSR count). The summed E-state index contributed by atoms with van der Waals surface area (Å²) in [6, 6.07) is 5.45. The first kappa shape index (κ1) is 15.6. The van der Waals surface area contributed by atoms with E-state index in [-0.39, 0.29) is 29.3 Å². The molecule has 1 aromatic rings. The first-order valence-electron chi connectivity index (χ1n) is 7.94. The highest BCUT2D eigenvalue weighted by Crippen LogP contribution is 2.49. The number of hydrogen-bond donors (Lipinski definition) is 1. The quantitative estimate of drug-likeness (QED) is 0.863. The predicted octanol–water partition coefficient (Wildman–Crippen LogP) is 3.69. The molecule has 1 N–H and O–H groups in total. The van der Waals surface area contributed by atoms with Crippen molar-refractivity contribution in [1.82, 2.24) is 0 Å². The van der Waals surface area contributed by atoms with Crippen LogP contribution in [0.1, 0.15) is 12.0 Å². The molecule has 0 saturated heterocycles. The molecule has 1 fully saturated rings. The zero-order chi connectivity index (χ0) is 16.6. The number of aromatic hydroxyl groups is 1. The topological polar surface area (TPSA) is 46.5 Å². The summed E-state index contributed by atoms with van der Waals surface area (Å²) < 4.78 is 5.08. The van der Waals surface area contributed by atoms with Gasteiger partial charge in [-0.25, -0.2) is 0 Å². The second kappa shape index (κ2) is 6.07. The molecule has 0 heterocycles. The number of fused-ring (bicyclic) bond motifs is 1. The van der Waals surface area contributed by atoms with Crippen LogP contribution in [0.5, 0.6) is 11.5 Å². The van der Waals surface area contributed by atoms with Crippen LogP contribution in [0, 0.1) is 23.7 Å². The van der Waals surface area contributed by atoms with Crippen LogP contribution in [-0.4, -0.2) is 18.0 Å². The Morgan fingerprint density at radius 2 is 2.13 bits per heavy atom. The van der Waals surface area contributed by atoms with Gasteiger partial charge in [-0.15, -0.1) is 6.58 Å². The van der Waals surface area contributed by atoms with Gasteiger partial charge in [-0.2, -0.15) is 0 Å². The molecule has 1 aromatic carbocycles. The summed E-state index contributed by atoms with van der Waals surface area (Å²) in [7, 11) is 1.53. The Kier molecular flexibility index (Phi) is 4.12. The van der Waals surface area contributed by atoms with Crippen molar-refractivity contribution in [3.63, 3.8) is 0 Å². The van der Waals surface area contributed by atoms with Crippen molar-refractivity contribution in [1.29, 1.82) is 0 Å². The van der Waals surface area contributed by atoms with Gasteiger partial charge >= 0.3 is 0 Å². The Balaban J connectivity index is 1.86. The second-order valence-corrected chi connectivity index (χ2v) is 6.47.